The molecule has 2 rings (SSSR count). The van der Waals surface area contributed by atoms with Crippen LogP contribution in [0.15, 0.2) is 18.2 Å². The monoisotopic (exact) mass is 307 g/mol. The second kappa shape index (κ2) is 7.26. The van der Waals surface area contributed by atoms with Gasteiger partial charge in [0.2, 0.25) is 0 Å². The lowest BCUT2D eigenvalue weighted by atomic mass is 10.1. The number of ether oxygens (including phenoxy) is 3. The van der Waals surface area contributed by atoms with Gasteiger partial charge in [0.15, 0.2) is 5.78 Å². The second-order valence-electron chi connectivity index (χ2n) is 5.12. The van der Waals surface area contributed by atoms with E-state index in [0.29, 0.717) is 24.6 Å². The number of Topliss-reactive ketones (excluding diaryl/α,β-unsaturated/α-hetero) is 1. The summed E-state index contributed by atoms with van der Waals surface area (Å²) in [7, 11) is 3.19. The van der Waals surface area contributed by atoms with Crippen LogP contribution in [0.2, 0.25) is 0 Å². The Labute approximate surface area is 129 Å². The third-order valence-electron chi connectivity index (χ3n) is 3.67. The Morgan fingerprint density at radius 1 is 1.32 bits per heavy atom. The molecule has 0 N–H and O–H groups in total. The van der Waals surface area contributed by atoms with Crippen molar-refractivity contribution in [2.45, 2.75) is 13.5 Å². The fraction of sp³-hybridized carbons (Fsp3) is 0.500. The molecule has 22 heavy (non-hydrogen) atoms. The number of rotatable bonds is 6. The Balaban J connectivity index is 2.06. The van der Waals surface area contributed by atoms with E-state index in [1.807, 2.05) is 17.0 Å². The number of hydrogen-bond donors (Lipinski definition) is 0. The number of nitrogens with zero attached hydrogens (tertiary/aromatic N) is 1. The molecule has 1 unspecified atom stereocenters. The van der Waals surface area contributed by atoms with Crippen molar-refractivity contribution >= 4 is 11.8 Å². The van der Waals surface area contributed by atoms with Crippen molar-refractivity contribution in [3.05, 3.63) is 23.8 Å². The maximum Gasteiger partial charge on any atom is 0.317 e. The van der Waals surface area contributed by atoms with Crippen LogP contribution in [0.4, 0.5) is 0 Å². The molecule has 1 aromatic rings. The molecular formula is C16H21NO5. The smallest absolute Gasteiger partial charge is 0.317 e. The van der Waals surface area contributed by atoms with Gasteiger partial charge in [-0.05, 0) is 13.0 Å². The van der Waals surface area contributed by atoms with Crippen LogP contribution in [0.1, 0.15) is 12.5 Å². The van der Waals surface area contributed by atoms with Crippen molar-refractivity contribution in [1.82, 2.24) is 4.90 Å². The first kappa shape index (κ1) is 16.3. The molecule has 1 fully saturated rings. The predicted octanol–water partition coefficient (Wildman–Crippen LogP) is 1.27. The van der Waals surface area contributed by atoms with Gasteiger partial charge in [-0.3, -0.25) is 14.5 Å². The summed E-state index contributed by atoms with van der Waals surface area (Å²) in [6.07, 6.45) is 0. The minimum Gasteiger partial charge on any atom is -0.497 e. The zero-order valence-electron chi connectivity index (χ0n) is 13.1. The Kier molecular flexibility index (Phi) is 5.38. The molecule has 0 bridgehead atoms. The summed E-state index contributed by atoms with van der Waals surface area (Å²) in [5.41, 5.74) is 0.945. The minimum absolute atomic E-state index is 0.0917. The molecule has 6 heteroatoms. The van der Waals surface area contributed by atoms with Crippen molar-refractivity contribution in [3.8, 4) is 11.5 Å². The van der Waals surface area contributed by atoms with Crippen molar-refractivity contribution in [1.29, 1.82) is 0 Å². The van der Waals surface area contributed by atoms with E-state index in [-0.39, 0.29) is 18.9 Å². The first-order chi connectivity index (χ1) is 10.6. The van der Waals surface area contributed by atoms with Crippen molar-refractivity contribution in [2.75, 3.05) is 33.9 Å². The number of hydrogen-bond acceptors (Lipinski definition) is 6. The normalized spacial score (nSPS) is 18.3. The average molecular weight is 307 g/mol. The summed E-state index contributed by atoms with van der Waals surface area (Å²) in [4.78, 5) is 25.6. The van der Waals surface area contributed by atoms with E-state index < -0.39 is 11.9 Å². The molecule has 1 saturated heterocycles. The first-order valence-corrected chi connectivity index (χ1v) is 7.21. The van der Waals surface area contributed by atoms with Crippen LogP contribution in [0.3, 0.4) is 0 Å². The number of likely N-dealkylation sites (tertiary alicyclic amines) is 1. The Hall–Kier alpha value is -2.08. The Morgan fingerprint density at radius 2 is 2.09 bits per heavy atom. The molecule has 0 spiro atoms. The summed E-state index contributed by atoms with van der Waals surface area (Å²) < 4.78 is 15.5. The number of benzene rings is 1. The summed E-state index contributed by atoms with van der Waals surface area (Å²) in [5, 5.41) is 0. The van der Waals surface area contributed by atoms with Gasteiger partial charge in [-0.1, -0.05) is 6.07 Å². The standard InChI is InChI=1S/C16H21NO5/c1-4-22-16(19)13-9-17(10-14(13)18)8-11-5-6-12(20-2)7-15(11)21-3/h5-7,13H,4,8-10H2,1-3H3. The van der Waals surface area contributed by atoms with Gasteiger partial charge in [-0.25, -0.2) is 0 Å². The zero-order valence-corrected chi connectivity index (χ0v) is 13.1. The summed E-state index contributed by atoms with van der Waals surface area (Å²) in [6, 6.07) is 5.55. The highest BCUT2D eigenvalue weighted by molar-refractivity contribution is 6.01. The minimum atomic E-state index is -0.677. The van der Waals surface area contributed by atoms with E-state index in [2.05, 4.69) is 0 Å². The summed E-state index contributed by atoms with van der Waals surface area (Å²) in [5.74, 6) is 0.209. The molecule has 0 aromatic heterocycles. The van der Waals surface area contributed by atoms with Crippen molar-refractivity contribution < 1.29 is 23.8 Å². The van der Waals surface area contributed by atoms with E-state index in [1.165, 1.54) is 0 Å². The Morgan fingerprint density at radius 3 is 2.73 bits per heavy atom. The number of ketones is 1. The van der Waals surface area contributed by atoms with Gasteiger partial charge >= 0.3 is 5.97 Å². The van der Waals surface area contributed by atoms with Crippen molar-refractivity contribution in [3.63, 3.8) is 0 Å². The summed E-state index contributed by atoms with van der Waals surface area (Å²) in [6.45, 7) is 3.19. The van der Waals surface area contributed by atoms with Gasteiger partial charge in [0.25, 0.3) is 0 Å². The number of carbonyl (C=O) groups is 2. The SMILES string of the molecule is CCOC(=O)C1CN(Cc2ccc(OC)cc2OC)CC1=O. The van der Waals surface area contributed by atoms with E-state index >= 15 is 0 Å². The lowest BCUT2D eigenvalue weighted by Gasteiger charge is -2.17. The molecule has 120 valence electrons. The van der Waals surface area contributed by atoms with Crippen LogP contribution in [-0.2, 0) is 20.9 Å². The summed E-state index contributed by atoms with van der Waals surface area (Å²) >= 11 is 0. The maximum atomic E-state index is 12.0. The molecule has 1 heterocycles. The number of carbonyl (C=O) groups excluding carboxylic acids is 2. The highest BCUT2D eigenvalue weighted by Gasteiger charge is 2.37. The van der Waals surface area contributed by atoms with Gasteiger partial charge in [0.05, 0.1) is 27.4 Å². The van der Waals surface area contributed by atoms with Crippen LogP contribution >= 0.6 is 0 Å². The molecule has 0 saturated carbocycles. The van der Waals surface area contributed by atoms with E-state index in [0.717, 1.165) is 5.56 Å². The second-order valence-corrected chi connectivity index (χ2v) is 5.12. The van der Waals surface area contributed by atoms with E-state index in [4.69, 9.17) is 14.2 Å². The number of methoxy groups -OCH3 is 2. The molecule has 6 nitrogen and oxygen atoms in total. The highest BCUT2D eigenvalue weighted by atomic mass is 16.5. The quantitative estimate of drug-likeness (QED) is 0.582. The molecule has 1 aromatic carbocycles. The molecule has 1 aliphatic rings. The van der Waals surface area contributed by atoms with Gasteiger partial charge in [0.1, 0.15) is 17.4 Å². The molecule has 0 radical (unpaired) electrons. The van der Waals surface area contributed by atoms with Crippen LogP contribution in [-0.4, -0.2) is 50.6 Å². The van der Waals surface area contributed by atoms with Gasteiger partial charge in [-0.15, -0.1) is 0 Å². The predicted molar refractivity (Wildman–Crippen MR) is 80.0 cm³/mol. The van der Waals surface area contributed by atoms with Crippen molar-refractivity contribution in [2.24, 2.45) is 5.92 Å². The molecule has 1 aliphatic heterocycles. The van der Waals surface area contributed by atoms with Gasteiger partial charge < -0.3 is 14.2 Å². The fourth-order valence-corrected chi connectivity index (χ4v) is 2.55. The zero-order chi connectivity index (χ0) is 16.1. The van der Waals surface area contributed by atoms with Crippen LogP contribution < -0.4 is 9.47 Å². The van der Waals surface area contributed by atoms with Crippen LogP contribution in [0.5, 0.6) is 11.5 Å². The van der Waals surface area contributed by atoms with E-state index in [1.54, 1.807) is 27.2 Å². The van der Waals surface area contributed by atoms with Gasteiger partial charge in [-0.2, -0.15) is 0 Å². The average Bonchev–Trinajstić information content (AvgIpc) is 2.88. The van der Waals surface area contributed by atoms with Crippen LogP contribution in [0, 0.1) is 5.92 Å². The third kappa shape index (κ3) is 3.57. The van der Waals surface area contributed by atoms with Gasteiger partial charge in [0, 0.05) is 24.7 Å². The maximum absolute atomic E-state index is 12.0. The molecular weight excluding hydrogens is 286 g/mol. The molecule has 1 atom stereocenters. The first-order valence-electron chi connectivity index (χ1n) is 7.21. The van der Waals surface area contributed by atoms with E-state index in [9.17, 15) is 9.59 Å². The van der Waals surface area contributed by atoms with Crippen LogP contribution in [0.25, 0.3) is 0 Å². The number of esters is 1. The lowest BCUT2D eigenvalue weighted by molar-refractivity contribution is -0.149. The third-order valence-corrected chi connectivity index (χ3v) is 3.67. The fourth-order valence-electron chi connectivity index (χ4n) is 2.55. The highest BCUT2D eigenvalue weighted by Crippen LogP contribution is 2.27. The lowest BCUT2D eigenvalue weighted by Crippen LogP contribution is -2.25. The molecule has 0 amide bonds. The topological polar surface area (TPSA) is 65.1 Å². The largest absolute Gasteiger partial charge is 0.497 e. The molecule has 0 aliphatic carbocycles. The Bertz CT molecular complexity index is 557.